The zero-order chi connectivity index (χ0) is 15.0. The van der Waals surface area contributed by atoms with Crippen molar-refractivity contribution in [2.75, 3.05) is 19.8 Å². The van der Waals surface area contributed by atoms with Gasteiger partial charge in [-0.15, -0.1) is 0 Å². The van der Waals surface area contributed by atoms with E-state index in [9.17, 15) is 8.42 Å². The van der Waals surface area contributed by atoms with Crippen LogP contribution in [0.2, 0.25) is 0 Å². The predicted molar refractivity (Wildman–Crippen MR) is 78.8 cm³/mol. The molecule has 1 aromatic rings. The number of unbranched alkanes of at least 4 members (excludes halogenated alkanes) is 1. The van der Waals surface area contributed by atoms with Crippen LogP contribution in [0.15, 0.2) is 17.2 Å². The van der Waals surface area contributed by atoms with E-state index in [1.54, 1.807) is 23.9 Å². The van der Waals surface area contributed by atoms with E-state index < -0.39 is 10.0 Å². The van der Waals surface area contributed by atoms with E-state index in [1.165, 1.54) is 0 Å². The number of sulfonamides is 1. The molecule has 1 heterocycles. The highest BCUT2D eigenvalue weighted by Gasteiger charge is 2.16. The Morgan fingerprint density at radius 2 is 2.05 bits per heavy atom. The molecule has 6 nitrogen and oxygen atoms in total. The van der Waals surface area contributed by atoms with Crippen LogP contribution in [0.1, 0.15) is 31.9 Å². The smallest absolute Gasteiger partial charge is 0.242 e. The van der Waals surface area contributed by atoms with Crippen molar-refractivity contribution in [1.82, 2.24) is 9.29 Å². The van der Waals surface area contributed by atoms with Crippen LogP contribution in [0, 0.1) is 0 Å². The van der Waals surface area contributed by atoms with Crippen molar-refractivity contribution in [1.29, 1.82) is 0 Å². The maximum Gasteiger partial charge on any atom is 0.242 e. The fourth-order valence-electron chi connectivity index (χ4n) is 1.74. The largest absolute Gasteiger partial charge is 0.381 e. The molecule has 0 fully saturated rings. The Morgan fingerprint density at radius 1 is 1.35 bits per heavy atom. The third-order valence-corrected chi connectivity index (χ3v) is 4.43. The lowest BCUT2D eigenvalue weighted by Crippen LogP contribution is -2.25. The van der Waals surface area contributed by atoms with Gasteiger partial charge in [-0.05, 0) is 18.9 Å². The second kappa shape index (κ2) is 8.41. The molecule has 0 atom stereocenters. The molecule has 3 N–H and O–H groups in total. The molecule has 0 aliphatic rings. The van der Waals surface area contributed by atoms with Gasteiger partial charge in [-0.1, -0.05) is 13.3 Å². The Kier molecular flexibility index (Phi) is 7.22. The molecule has 7 heteroatoms. The molecule has 1 rings (SSSR count). The van der Waals surface area contributed by atoms with E-state index in [1.807, 2.05) is 0 Å². The van der Waals surface area contributed by atoms with Gasteiger partial charge in [0.15, 0.2) is 0 Å². The van der Waals surface area contributed by atoms with Gasteiger partial charge >= 0.3 is 0 Å². The Morgan fingerprint density at radius 3 is 2.65 bits per heavy atom. The summed E-state index contributed by atoms with van der Waals surface area (Å²) in [6.07, 6.45) is 4.38. The van der Waals surface area contributed by atoms with E-state index in [2.05, 4.69) is 11.6 Å². The summed E-state index contributed by atoms with van der Waals surface area (Å²) < 4.78 is 33.8. The monoisotopic (exact) mass is 303 g/mol. The van der Waals surface area contributed by atoms with Crippen LogP contribution in [0.3, 0.4) is 0 Å². The number of rotatable bonds is 10. The molecule has 0 saturated heterocycles. The average Bonchev–Trinajstić information content (AvgIpc) is 2.80. The lowest BCUT2D eigenvalue weighted by Gasteiger charge is -2.05. The van der Waals surface area contributed by atoms with Gasteiger partial charge in [-0.25, -0.2) is 13.1 Å². The van der Waals surface area contributed by atoms with E-state index in [0.717, 1.165) is 25.1 Å². The Hall–Kier alpha value is -0.890. The summed E-state index contributed by atoms with van der Waals surface area (Å²) in [6, 6.07) is 1.60. The second-order valence-corrected chi connectivity index (χ2v) is 6.47. The van der Waals surface area contributed by atoms with Gasteiger partial charge in [0.2, 0.25) is 10.0 Å². The van der Waals surface area contributed by atoms with Crippen LogP contribution in [-0.4, -0.2) is 32.7 Å². The van der Waals surface area contributed by atoms with Gasteiger partial charge in [0.05, 0.1) is 4.90 Å². The summed E-state index contributed by atoms with van der Waals surface area (Å²) in [4.78, 5) is 0.257. The molecule has 1 aromatic heterocycles. The van der Waals surface area contributed by atoms with Gasteiger partial charge in [-0.3, -0.25) is 0 Å². The van der Waals surface area contributed by atoms with Crippen molar-refractivity contribution in [3.8, 4) is 0 Å². The number of nitrogens with two attached hydrogens (primary N) is 1. The molecule has 116 valence electrons. The van der Waals surface area contributed by atoms with Gasteiger partial charge in [-0.2, -0.15) is 0 Å². The maximum atomic E-state index is 12.0. The van der Waals surface area contributed by atoms with E-state index in [0.29, 0.717) is 26.1 Å². The number of aromatic nitrogens is 1. The highest BCUT2D eigenvalue weighted by atomic mass is 32.2. The SMILES string of the molecule is CCCCOCCCNS(=O)(=O)c1cc(CN)n(C)c1. The molecule has 0 bridgehead atoms. The molecule has 0 aromatic carbocycles. The first-order chi connectivity index (χ1) is 9.51. The fourth-order valence-corrected chi connectivity index (χ4v) is 2.91. The predicted octanol–water partition coefficient (Wildman–Crippen LogP) is 0.969. The third-order valence-electron chi connectivity index (χ3n) is 3.00. The van der Waals surface area contributed by atoms with Crippen molar-refractivity contribution < 1.29 is 13.2 Å². The quantitative estimate of drug-likeness (QED) is 0.631. The molecule has 0 amide bonds. The minimum atomic E-state index is -3.45. The van der Waals surface area contributed by atoms with Crippen LogP contribution in [0.25, 0.3) is 0 Å². The minimum absolute atomic E-state index is 0.257. The molecule has 0 aliphatic heterocycles. The summed E-state index contributed by atoms with van der Waals surface area (Å²) >= 11 is 0. The van der Waals surface area contributed by atoms with Crippen LogP contribution >= 0.6 is 0 Å². The number of nitrogens with one attached hydrogen (secondary N) is 1. The Balaban J connectivity index is 2.38. The number of ether oxygens (including phenoxy) is 1. The lowest BCUT2D eigenvalue weighted by molar-refractivity contribution is 0.130. The van der Waals surface area contributed by atoms with Crippen molar-refractivity contribution in [2.45, 2.75) is 37.6 Å². The van der Waals surface area contributed by atoms with Crippen molar-refractivity contribution >= 4 is 10.0 Å². The fraction of sp³-hybridized carbons (Fsp3) is 0.692. The first kappa shape index (κ1) is 17.2. The highest BCUT2D eigenvalue weighted by molar-refractivity contribution is 7.89. The zero-order valence-corrected chi connectivity index (χ0v) is 13.1. The number of nitrogens with zero attached hydrogens (tertiary/aromatic N) is 1. The normalized spacial score (nSPS) is 11.9. The Bertz CT molecular complexity index is 497. The summed E-state index contributed by atoms with van der Waals surface area (Å²) in [6.45, 7) is 4.11. The van der Waals surface area contributed by atoms with Crippen LogP contribution in [0.5, 0.6) is 0 Å². The molecular formula is C13H25N3O3S. The molecule has 0 radical (unpaired) electrons. The molecule has 0 unspecified atom stereocenters. The number of hydrogen-bond donors (Lipinski definition) is 2. The second-order valence-electron chi connectivity index (χ2n) is 4.70. The molecule has 0 spiro atoms. The molecule has 0 saturated carbocycles. The average molecular weight is 303 g/mol. The summed E-state index contributed by atoms with van der Waals surface area (Å²) in [7, 11) is -1.67. The summed E-state index contributed by atoms with van der Waals surface area (Å²) in [5.41, 5.74) is 6.32. The molecular weight excluding hydrogens is 278 g/mol. The van der Waals surface area contributed by atoms with Gasteiger partial charge < -0.3 is 15.0 Å². The Labute approximate surface area is 121 Å². The van der Waals surface area contributed by atoms with Crippen molar-refractivity contribution in [2.24, 2.45) is 12.8 Å². The summed E-state index contributed by atoms with van der Waals surface area (Å²) in [5.74, 6) is 0. The minimum Gasteiger partial charge on any atom is -0.381 e. The van der Waals surface area contributed by atoms with Crippen LogP contribution in [-0.2, 0) is 28.4 Å². The first-order valence-corrected chi connectivity index (χ1v) is 8.42. The number of aryl methyl sites for hydroxylation is 1. The maximum absolute atomic E-state index is 12.0. The molecule has 20 heavy (non-hydrogen) atoms. The van der Waals surface area contributed by atoms with Gasteiger partial charge in [0.1, 0.15) is 0 Å². The van der Waals surface area contributed by atoms with E-state index in [4.69, 9.17) is 10.5 Å². The third kappa shape index (κ3) is 5.24. The van der Waals surface area contributed by atoms with Gasteiger partial charge in [0.25, 0.3) is 0 Å². The number of hydrogen-bond acceptors (Lipinski definition) is 4. The van der Waals surface area contributed by atoms with Crippen molar-refractivity contribution in [3.05, 3.63) is 18.0 Å². The summed E-state index contributed by atoms with van der Waals surface area (Å²) in [5, 5.41) is 0. The van der Waals surface area contributed by atoms with Gasteiger partial charge in [0, 0.05) is 45.2 Å². The van der Waals surface area contributed by atoms with E-state index >= 15 is 0 Å². The first-order valence-electron chi connectivity index (χ1n) is 6.94. The van der Waals surface area contributed by atoms with Crippen LogP contribution < -0.4 is 10.5 Å². The van der Waals surface area contributed by atoms with Crippen molar-refractivity contribution in [3.63, 3.8) is 0 Å². The van der Waals surface area contributed by atoms with Crippen LogP contribution in [0.4, 0.5) is 0 Å². The lowest BCUT2D eigenvalue weighted by atomic mass is 10.4. The standard InChI is InChI=1S/C13H25N3O3S/c1-3-4-7-19-8-5-6-15-20(17,18)13-9-12(10-14)16(2)11-13/h9,11,15H,3-8,10,14H2,1-2H3. The topological polar surface area (TPSA) is 86.3 Å². The highest BCUT2D eigenvalue weighted by Crippen LogP contribution is 2.12. The zero-order valence-electron chi connectivity index (χ0n) is 12.3. The van der Waals surface area contributed by atoms with E-state index in [-0.39, 0.29) is 4.90 Å². The molecule has 0 aliphatic carbocycles.